The van der Waals surface area contributed by atoms with Crippen LogP contribution in [-0.2, 0) is 23.1 Å². The summed E-state index contributed by atoms with van der Waals surface area (Å²) in [7, 11) is -4.07. The fourth-order valence-corrected chi connectivity index (χ4v) is 4.03. The lowest BCUT2D eigenvalue weighted by molar-refractivity contribution is -0.928. The van der Waals surface area contributed by atoms with Crippen molar-refractivity contribution < 1.29 is 32.5 Å². The molecule has 0 aromatic heterocycles. The Bertz CT molecular complexity index is 466. The summed E-state index contributed by atoms with van der Waals surface area (Å²) in [5, 5.41) is 0. The molecule has 0 fully saturated rings. The quantitative estimate of drug-likeness (QED) is 0.128. The highest BCUT2D eigenvalue weighted by atomic mass is 31.2. The van der Waals surface area contributed by atoms with E-state index >= 15 is 0 Å². The molecule has 0 spiro atoms. The number of hydrogen-bond donors (Lipinski definition) is 1. The molecule has 0 heterocycles. The van der Waals surface area contributed by atoms with Crippen LogP contribution in [0.25, 0.3) is 0 Å². The van der Waals surface area contributed by atoms with Gasteiger partial charge in [-0.25, -0.2) is 9.36 Å². The molecule has 0 aliphatic carbocycles. The van der Waals surface area contributed by atoms with E-state index in [4.69, 9.17) is 13.8 Å². The van der Waals surface area contributed by atoms with E-state index < -0.39 is 13.8 Å². The molecule has 0 saturated heterocycles. The molecular weight excluding hydrogens is 369 g/mol. The molecule has 160 valence electrons. The normalized spacial score (nSPS) is 14.0. The first-order chi connectivity index (χ1) is 12.7. The first-order valence-electron chi connectivity index (χ1n) is 10.0. The third-order valence-corrected chi connectivity index (χ3v) is 5.27. The molecule has 0 aromatic rings. The lowest BCUT2D eigenvalue weighted by Gasteiger charge is -2.38. The standard InChI is InChI=1S/C19H38NO6P/c1-6-11-20(12-7-2,13-8-3)14-9-16-25-27(22,23)26-17-10-15-24-19(21)18(4)5/h4,6-17H2,1-3,5H3/p+1. The van der Waals surface area contributed by atoms with Crippen LogP contribution in [0, 0.1) is 0 Å². The van der Waals surface area contributed by atoms with Gasteiger partial charge in [-0.05, 0) is 26.2 Å². The molecular formula is C19H39NO6P+. The van der Waals surface area contributed by atoms with Gasteiger partial charge in [0.05, 0.1) is 46.0 Å². The topological polar surface area (TPSA) is 82.1 Å². The number of phosphoric ester groups is 1. The summed E-state index contributed by atoms with van der Waals surface area (Å²) in [6, 6.07) is 0. The molecule has 0 radical (unpaired) electrons. The maximum absolute atomic E-state index is 11.9. The van der Waals surface area contributed by atoms with Crippen LogP contribution in [0.15, 0.2) is 12.2 Å². The first-order valence-corrected chi connectivity index (χ1v) is 11.5. The van der Waals surface area contributed by atoms with Gasteiger partial charge < -0.3 is 14.1 Å². The van der Waals surface area contributed by atoms with Crippen molar-refractivity contribution in [2.24, 2.45) is 0 Å². The Kier molecular flexibility index (Phi) is 13.9. The molecule has 0 saturated carbocycles. The summed E-state index contributed by atoms with van der Waals surface area (Å²) >= 11 is 0. The van der Waals surface area contributed by atoms with Crippen LogP contribution >= 0.6 is 7.82 Å². The number of esters is 1. The monoisotopic (exact) mass is 408 g/mol. The highest BCUT2D eigenvalue weighted by Crippen LogP contribution is 2.43. The van der Waals surface area contributed by atoms with E-state index in [1.54, 1.807) is 6.92 Å². The second-order valence-corrected chi connectivity index (χ2v) is 8.45. The smallest absolute Gasteiger partial charge is 0.462 e. The Morgan fingerprint density at radius 1 is 0.926 bits per heavy atom. The molecule has 1 atom stereocenters. The summed E-state index contributed by atoms with van der Waals surface area (Å²) in [6.07, 6.45) is 4.40. The van der Waals surface area contributed by atoms with Crippen LogP contribution in [0.1, 0.15) is 59.8 Å². The number of carbonyl (C=O) groups excluding carboxylic acids is 1. The van der Waals surface area contributed by atoms with Crippen LogP contribution < -0.4 is 0 Å². The van der Waals surface area contributed by atoms with E-state index in [-0.39, 0.29) is 19.8 Å². The van der Waals surface area contributed by atoms with Gasteiger partial charge in [-0.15, -0.1) is 0 Å². The predicted molar refractivity (Wildman–Crippen MR) is 107 cm³/mol. The molecule has 8 heteroatoms. The van der Waals surface area contributed by atoms with Crippen LogP contribution in [0.2, 0.25) is 0 Å². The summed E-state index contributed by atoms with van der Waals surface area (Å²) in [6.45, 7) is 16.2. The van der Waals surface area contributed by atoms with Gasteiger partial charge in [-0.1, -0.05) is 27.4 Å². The highest BCUT2D eigenvalue weighted by molar-refractivity contribution is 7.47. The van der Waals surface area contributed by atoms with E-state index in [9.17, 15) is 14.3 Å². The first kappa shape index (κ1) is 26.3. The summed E-state index contributed by atoms with van der Waals surface area (Å²) in [4.78, 5) is 20.9. The minimum Gasteiger partial charge on any atom is -0.462 e. The second kappa shape index (κ2) is 14.3. The molecule has 1 unspecified atom stereocenters. The highest BCUT2D eigenvalue weighted by Gasteiger charge is 2.26. The van der Waals surface area contributed by atoms with Crippen LogP contribution in [0.4, 0.5) is 0 Å². The molecule has 0 amide bonds. The van der Waals surface area contributed by atoms with Crippen LogP contribution in [0.3, 0.4) is 0 Å². The zero-order valence-corrected chi connectivity index (χ0v) is 18.5. The Labute approximate surface area is 164 Å². The van der Waals surface area contributed by atoms with Crippen molar-refractivity contribution in [3.63, 3.8) is 0 Å². The molecule has 7 nitrogen and oxygen atoms in total. The van der Waals surface area contributed by atoms with Gasteiger partial charge in [0.15, 0.2) is 0 Å². The second-order valence-electron chi connectivity index (χ2n) is 6.99. The summed E-state index contributed by atoms with van der Waals surface area (Å²) in [5.74, 6) is -0.480. The number of phosphoric acid groups is 1. The number of carbonyl (C=O) groups is 1. The van der Waals surface area contributed by atoms with Crippen molar-refractivity contribution in [2.75, 3.05) is 46.0 Å². The maximum atomic E-state index is 11.9. The van der Waals surface area contributed by atoms with Crippen molar-refractivity contribution in [3.8, 4) is 0 Å². The minimum absolute atomic E-state index is 0.0151. The third-order valence-electron chi connectivity index (χ3n) is 4.25. The Hall–Kier alpha value is -0.720. The summed E-state index contributed by atoms with van der Waals surface area (Å²) < 4.78 is 27.8. The molecule has 1 N–H and O–H groups in total. The average molecular weight is 408 g/mol. The van der Waals surface area contributed by atoms with Gasteiger partial charge in [0.1, 0.15) is 0 Å². The lowest BCUT2D eigenvalue weighted by atomic mass is 10.2. The van der Waals surface area contributed by atoms with Gasteiger partial charge in [-0.3, -0.25) is 9.05 Å². The minimum atomic E-state index is -4.07. The fraction of sp³-hybridized carbons (Fsp3) is 0.842. The fourth-order valence-electron chi connectivity index (χ4n) is 3.24. The van der Waals surface area contributed by atoms with Crippen molar-refractivity contribution in [1.29, 1.82) is 0 Å². The van der Waals surface area contributed by atoms with Crippen molar-refractivity contribution in [1.82, 2.24) is 0 Å². The Balaban J connectivity index is 4.16. The Morgan fingerprint density at radius 3 is 1.85 bits per heavy atom. The van der Waals surface area contributed by atoms with Gasteiger partial charge in [0, 0.05) is 18.4 Å². The zero-order valence-electron chi connectivity index (χ0n) is 17.6. The van der Waals surface area contributed by atoms with Gasteiger partial charge >= 0.3 is 13.8 Å². The lowest BCUT2D eigenvalue weighted by Crippen LogP contribution is -2.50. The largest absolute Gasteiger partial charge is 0.472 e. The van der Waals surface area contributed by atoms with Crippen LogP contribution in [-0.4, -0.2) is 61.3 Å². The molecule has 0 rings (SSSR count). The Morgan fingerprint density at radius 2 is 1.41 bits per heavy atom. The average Bonchev–Trinajstić information content (AvgIpc) is 2.59. The third kappa shape index (κ3) is 12.4. The SMILES string of the molecule is C=C(C)C(=O)OCCCOP(=O)(O)OCCC[N+](CCC)(CCC)CCC. The van der Waals surface area contributed by atoms with Crippen molar-refractivity contribution in [3.05, 3.63) is 12.2 Å². The van der Waals surface area contributed by atoms with Crippen molar-refractivity contribution in [2.45, 2.75) is 59.8 Å². The van der Waals surface area contributed by atoms with E-state index in [2.05, 4.69) is 27.4 Å². The van der Waals surface area contributed by atoms with Crippen molar-refractivity contribution >= 4 is 13.8 Å². The zero-order chi connectivity index (χ0) is 20.8. The van der Waals surface area contributed by atoms with Crippen LogP contribution in [0.5, 0.6) is 0 Å². The van der Waals surface area contributed by atoms with Gasteiger partial charge in [0.2, 0.25) is 0 Å². The number of hydrogen-bond acceptors (Lipinski definition) is 5. The number of ether oxygens (including phenoxy) is 1. The molecule has 0 bridgehead atoms. The van der Waals surface area contributed by atoms with Gasteiger partial charge in [0.25, 0.3) is 0 Å². The van der Waals surface area contributed by atoms with E-state index in [0.717, 1.165) is 49.9 Å². The molecule has 27 heavy (non-hydrogen) atoms. The van der Waals surface area contributed by atoms with E-state index in [1.165, 1.54) is 0 Å². The molecule has 0 aliphatic rings. The van der Waals surface area contributed by atoms with E-state index in [0.29, 0.717) is 18.4 Å². The molecule has 0 aromatic carbocycles. The molecule has 0 aliphatic heterocycles. The van der Waals surface area contributed by atoms with Gasteiger partial charge in [-0.2, -0.15) is 0 Å². The number of quaternary nitrogens is 1. The number of rotatable bonds is 17. The van der Waals surface area contributed by atoms with E-state index in [1.807, 2.05) is 0 Å². The maximum Gasteiger partial charge on any atom is 0.472 e. The summed E-state index contributed by atoms with van der Waals surface area (Å²) in [5.41, 5.74) is 0.316. The number of nitrogens with zero attached hydrogens (tertiary/aromatic N) is 1. The predicted octanol–water partition coefficient (Wildman–Crippen LogP) is 4.07.